The molecule has 0 saturated heterocycles. The zero-order valence-electron chi connectivity index (χ0n) is 17.4. The molecule has 8 heteroatoms. The van der Waals surface area contributed by atoms with E-state index in [1.165, 1.54) is 42.2 Å². The second kappa shape index (κ2) is 9.04. The normalized spacial score (nSPS) is 15.0. The lowest BCUT2D eigenvalue weighted by Gasteiger charge is -2.20. The van der Waals surface area contributed by atoms with Crippen molar-refractivity contribution in [2.45, 2.75) is 68.7 Å². The number of nitrogens with zero attached hydrogens (tertiary/aromatic N) is 4. The van der Waals surface area contributed by atoms with E-state index in [9.17, 15) is 9.59 Å². The zero-order valence-corrected chi connectivity index (χ0v) is 18.2. The van der Waals surface area contributed by atoms with Crippen LogP contribution in [0.25, 0.3) is 5.65 Å². The van der Waals surface area contributed by atoms with E-state index in [0.717, 1.165) is 9.71 Å². The van der Waals surface area contributed by atoms with Gasteiger partial charge in [-0.05, 0) is 48.6 Å². The molecule has 158 valence electrons. The number of aromatic nitrogens is 4. The van der Waals surface area contributed by atoms with Gasteiger partial charge in [-0.3, -0.25) is 4.79 Å². The predicted molar refractivity (Wildman–Crippen MR) is 119 cm³/mol. The van der Waals surface area contributed by atoms with Crippen LogP contribution < -0.4 is 11.0 Å². The summed E-state index contributed by atoms with van der Waals surface area (Å²) >= 11 is 1.73. The highest BCUT2D eigenvalue weighted by Crippen LogP contribution is 2.32. The van der Waals surface area contributed by atoms with E-state index in [4.69, 9.17) is 0 Å². The Labute approximate surface area is 179 Å². The monoisotopic (exact) mass is 425 g/mol. The molecule has 0 aliphatic heterocycles. The van der Waals surface area contributed by atoms with Crippen molar-refractivity contribution in [2.24, 2.45) is 0 Å². The Morgan fingerprint density at radius 2 is 1.83 bits per heavy atom. The molecule has 1 N–H and O–H groups in total. The number of nitrogens with one attached hydrogen (secondary N) is 1. The second-order valence-corrected chi connectivity index (χ2v) is 9.41. The van der Waals surface area contributed by atoms with Crippen molar-refractivity contribution in [1.82, 2.24) is 19.4 Å². The fraction of sp³-hybridized carbons (Fsp3) is 0.455. The van der Waals surface area contributed by atoms with Gasteiger partial charge in [0.1, 0.15) is 11.6 Å². The Hall–Kier alpha value is -2.61. The van der Waals surface area contributed by atoms with Gasteiger partial charge >= 0.3 is 5.69 Å². The van der Waals surface area contributed by atoms with E-state index in [1.807, 2.05) is 30.3 Å². The van der Waals surface area contributed by atoms with Gasteiger partial charge in [-0.15, -0.1) is 16.9 Å². The third-order valence-corrected chi connectivity index (χ3v) is 6.67. The molecule has 1 aromatic carbocycles. The molecule has 4 rings (SSSR count). The van der Waals surface area contributed by atoms with E-state index in [-0.39, 0.29) is 12.5 Å². The number of benzene rings is 1. The number of hydrogen-bond acceptors (Lipinski definition) is 5. The molecule has 1 amide bonds. The van der Waals surface area contributed by atoms with E-state index in [1.54, 1.807) is 17.8 Å². The summed E-state index contributed by atoms with van der Waals surface area (Å²) in [7, 11) is 0. The van der Waals surface area contributed by atoms with Crippen LogP contribution in [-0.2, 0) is 11.3 Å². The van der Waals surface area contributed by atoms with Gasteiger partial charge in [0.15, 0.2) is 5.65 Å². The largest absolute Gasteiger partial charge is 0.367 e. The van der Waals surface area contributed by atoms with E-state index >= 15 is 0 Å². The molecule has 1 saturated carbocycles. The van der Waals surface area contributed by atoms with Gasteiger partial charge in [-0.1, -0.05) is 45.2 Å². The first-order valence-electron chi connectivity index (χ1n) is 10.5. The van der Waals surface area contributed by atoms with Crippen LogP contribution in [0.2, 0.25) is 0 Å². The Bertz CT molecular complexity index is 1080. The number of thioether (sulfide) groups is 1. The van der Waals surface area contributed by atoms with Crippen LogP contribution in [0.15, 0.2) is 46.2 Å². The van der Waals surface area contributed by atoms with Crippen molar-refractivity contribution in [3.05, 3.63) is 52.4 Å². The number of anilines is 1. The van der Waals surface area contributed by atoms with E-state index < -0.39 is 5.69 Å². The lowest BCUT2D eigenvalue weighted by molar-refractivity contribution is -0.117. The van der Waals surface area contributed by atoms with Crippen molar-refractivity contribution in [3.8, 4) is 0 Å². The summed E-state index contributed by atoms with van der Waals surface area (Å²) in [4.78, 5) is 25.1. The molecule has 3 aromatic rings. The third kappa shape index (κ3) is 4.75. The third-order valence-electron chi connectivity index (χ3n) is 5.41. The molecule has 1 aliphatic rings. The minimum absolute atomic E-state index is 0.154. The number of carbonyl (C=O) groups excluding carboxylic acids is 1. The summed E-state index contributed by atoms with van der Waals surface area (Å²) in [6, 6.07) is 11.4. The Balaban J connectivity index is 1.45. The topological polar surface area (TPSA) is 81.3 Å². The predicted octanol–water partition coefficient (Wildman–Crippen LogP) is 4.08. The average Bonchev–Trinajstić information content (AvgIpc) is 3.04. The van der Waals surface area contributed by atoms with Gasteiger partial charge in [0.05, 0.1) is 0 Å². The Morgan fingerprint density at radius 3 is 2.53 bits per heavy atom. The molecule has 0 bridgehead atoms. The quantitative estimate of drug-likeness (QED) is 0.644. The average molecular weight is 426 g/mol. The maximum atomic E-state index is 12.7. The number of fused-ring (bicyclic) bond motifs is 1. The summed E-state index contributed by atoms with van der Waals surface area (Å²) in [5.74, 6) is 0.134. The molecule has 2 aromatic heterocycles. The minimum Gasteiger partial charge on any atom is -0.324 e. The lowest BCUT2D eigenvalue weighted by Crippen LogP contribution is -2.28. The summed E-state index contributed by atoms with van der Waals surface area (Å²) in [5, 5.41) is 12.9. The standard InChI is InChI=1S/C22H27N5O2S/c1-15(2)16-8-10-17(11-9-16)23-20(28)14-26-22(29)27-19(24-26)12-13-21(25-27)30-18-6-4-3-5-7-18/h8-13,15,18H,3-7,14H2,1-2H3,(H,23,28). The highest BCUT2D eigenvalue weighted by atomic mass is 32.2. The molecular weight excluding hydrogens is 398 g/mol. The Kier molecular flexibility index (Phi) is 6.22. The molecular formula is C22H27N5O2S. The summed E-state index contributed by atoms with van der Waals surface area (Å²) in [5.41, 5.74) is 1.95. The number of hydrogen-bond donors (Lipinski definition) is 1. The summed E-state index contributed by atoms with van der Waals surface area (Å²) in [6.45, 7) is 4.09. The van der Waals surface area contributed by atoms with E-state index in [0.29, 0.717) is 22.5 Å². The number of rotatable bonds is 6. The minimum atomic E-state index is -0.401. The van der Waals surface area contributed by atoms with Crippen molar-refractivity contribution in [1.29, 1.82) is 0 Å². The van der Waals surface area contributed by atoms with E-state index in [2.05, 4.69) is 29.4 Å². The molecule has 0 radical (unpaired) electrons. The van der Waals surface area contributed by atoms with Gasteiger partial charge in [0, 0.05) is 10.9 Å². The highest BCUT2D eigenvalue weighted by molar-refractivity contribution is 7.99. The van der Waals surface area contributed by atoms with Crippen molar-refractivity contribution in [3.63, 3.8) is 0 Å². The van der Waals surface area contributed by atoms with Gasteiger partial charge in [0.2, 0.25) is 5.91 Å². The molecule has 1 aliphatic carbocycles. The number of amides is 1. The van der Waals surface area contributed by atoms with Gasteiger partial charge < -0.3 is 5.32 Å². The van der Waals surface area contributed by atoms with Crippen LogP contribution in [0.1, 0.15) is 57.4 Å². The maximum Gasteiger partial charge on any atom is 0.367 e. The van der Waals surface area contributed by atoms with Gasteiger partial charge in [0.25, 0.3) is 0 Å². The molecule has 1 fully saturated rings. The summed E-state index contributed by atoms with van der Waals surface area (Å²) in [6.07, 6.45) is 6.20. The first-order valence-corrected chi connectivity index (χ1v) is 11.4. The first-order chi connectivity index (χ1) is 14.5. The van der Waals surface area contributed by atoms with Crippen molar-refractivity contribution in [2.75, 3.05) is 5.32 Å². The van der Waals surface area contributed by atoms with Crippen molar-refractivity contribution < 1.29 is 4.79 Å². The fourth-order valence-corrected chi connectivity index (χ4v) is 4.89. The maximum absolute atomic E-state index is 12.7. The van der Waals surface area contributed by atoms with Gasteiger partial charge in [-0.25, -0.2) is 9.48 Å². The summed E-state index contributed by atoms with van der Waals surface area (Å²) < 4.78 is 2.45. The molecule has 30 heavy (non-hydrogen) atoms. The SMILES string of the molecule is CC(C)c1ccc(NC(=O)Cn2nc3ccc(SC4CCCCC4)nn3c2=O)cc1. The number of carbonyl (C=O) groups is 1. The van der Waals surface area contributed by atoms with Crippen LogP contribution in [0.4, 0.5) is 5.69 Å². The van der Waals surface area contributed by atoms with Gasteiger partial charge in [-0.2, -0.15) is 9.61 Å². The highest BCUT2D eigenvalue weighted by Gasteiger charge is 2.17. The lowest BCUT2D eigenvalue weighted by atomic mass is 10.0. The zero-order chi connectivity index (χ0) is 21.1. The molecule has 0 atom stereocenters. The van der Waals surface area contributed by atoms with Crippen LogP contribution >= 0.6 is 11.8 Å². The second-order valence-electron chi connectivity index (χ2n) is 8.08. The Morgan fingerprint density at radius 1 is 1.10 bits per heavy atom. The van der Waals surface area contributed by atoms with Crippen LogP contribution in [-0.4, -0.2) is 30.6 Å². The molecule has 0 spiro atoms. The molecule has 2 heterocycles. The van der Waals surface area contributed by atoms with Crippen LogP contribution in [0.5, 0.6) is 0 Å². The van der Waals surface area contributed by atoms with Crippen LogP contribution in [0, 0.1) is 0 Å². The first kappa shape index (κ1) is 20.7. The smallest absolute Gasteiger partial charge is 0.324 e. The fourth-order valence-electron chi connectivity index (χ4n) is 3.70. The van der Waals surface area contributed by atoms with Crippen LogP contribution in [0.3, 0.4) is 0 Å². The molecule has 7 nitrogen and oxygen atoms in total. The molecule has 0 unspecified atom stereocenters. The van der Waals surface area contributed by atoms with Crippen molar-refractivity contribution >= 4 is 29.0 Å².